The summed E-state index contributed by atoms with van der Waals surface area (Å²) >= 11 is 0. The molecule has 0 radical (unpaired) electrons. The Kier molecular flexibility index (Phi) is 5.62. The summed E-state index contributed by atoms with van der Waals surface area (Å²) in [5.74, 6) is -0.831. The fraction of sp³-hybridized carbons (Fsp3) is 0.292. The molecule has 10 heteroatoms. The van der Waals surface area contributed by atoms with Gasteiger partial charge in [0.05, 0.1) is 34.7 Å². The summed E-state index contributed by atoms with van der Waals surface area (Å²) in [7, 11) is 0. The third-order valence-corrected chi connectivity index (χ3v) is 5.80. The van der Waals surface area contributed by atoms with E-state index in [0.29, 0.717) is 30.3 Å². The summed E-state index contributed by atoms with van der Waals surface area (Å²) in [5.41, 5.74) is 5.38. The van der Waals surface area contributed by atoms with Gasteiger partial charge in [-0.2, -0.15) is 5.10 Å². The maximum absolute atomic E-state index is 14.6. The second-order valence-corrected chi connectivity index (χ2v) is 8.42. The third-order valence-electron chi connectivity index (χ3n) is 5.80. The minimum atomic E-state index is -1.21. The smallest absolute Gasteiger partial charge is 0.185 e. The van der Waals surface area contributed by atoms with E-state index >= 15 is 0 Å². The molecule has 0 bridgehead atoms. The van der Waals surface area contributed by atoms with Gasteiger partial charge in [-0.05, 0) is 37.1 Å². The Morgan fingerprint density at radius 1 is 1.03 bits per heavy atom. The lowest BCUT2D eigenvalue weighted by Crippen LogP contribution is -2.46. The molecule has 1 aliphatic rings. The molecule has 0 fully saturated rings. The monoisotopic (exact) mass is 466 g/mol. The summed E-state index contributed by atoms with van der Waals surface area (Å²) < 4.78 is 36.3. The van der Waals surface area contributed by atoms with Crippen LogP contribution in [0.4, 0.5) is 14.5 Å². The number of anilines is 1. The van der Waals surface area contributed by atoms with E-state index in [-0.39, 0.29) is 28.4 Å². The lowest BCUT2D eigenvalue weighted by molar-refractivity contribution is 0.122. The zero-order valence-corrected chi connectivity index (χ0v) is 19.0. The number of benzene rings is 2. The van der Waals surface area contributed by atoms with Crippen molar-refractivity contribution in [2.75, 3.05) is 18.2 Å². The molecule has 4 aromatic rings. The van der Waals surface area contributed by atoms with Crippen LogP contribution in [-0.4, -0.2) is 38.1 Å². The number of hydrazine groups is 1. The first kappa shape index (κ1) is 22.2. The molecule has 1 unspecified atom stereocenters. The average molecular weight is 466 g/mol. The van der Waals surface area contributed by atoms with E-state index in [1.807, 2.05) is 38.1 Å². The highest BCUT2D eigenvalue weighted by atomic mass is 19.1. The van der Waals surface area contributed by atoms with Crippen LogP contribution in [0.25, 0.3) is 16.8 Å². The first-order chi connectivity index (χ1) is 16.4. The zero-order valence-electron chi connectivity index (χ0n) is 19.0. The molecule has 2 aromatic heterocycles. The van der Waals surface area contributed by atoms with Crippen molar-refractivity contribution in [3.63, 3.8) is 0 Å². The largest absolute Gasteiger partial charge is 0.489 e. The fourth-order valence-corrected chi connectivity index (χ4v) is 4.31. The number of aromatic nitrogens is 4. The molecule has 0 spiro atoms. The lowest BCUT2D eigenvalue weighted by atomic mass is 10.0. The second kappa shape index (κ2) is 8.62. The van der Waals surface area contributed by atoms with E-state index < -0.39 is 17.9 Å². The number of ether oxygens (including phenoxy) is 1. The third kappa shape index (κ3) is 3.64. The molecule has 2 aromatic carbocycles. The van der Waals surface area contributed by atoms with Crippen LogP contribution in [0.15, 0.2) is 42.5 Å². The quantitative estimate of drug-likeness (QED) is 0.432. The number of hydrogen-bond donors (Lipinski definition) is 2. The van der Waals surface area contributed by atoms with Crippen LogP contribution in [0.1, 0.15) is 43.1 Å². The molecule has 2 N–H and O–H groups in total. The molecule has 1 atom stereocenters. The van der Waals surface area contributed by atoms with Gasteiger partial charge < -0.3 is 9.84 Å². The summed E-state index contributed by atoms with van der Waals surface area (Å²) in [6, 6.07) is 11.2. The van der Waals surface area contributed by atoms with Crippen molar-refractivity contribution in [2.45, 2.75) is 32.9 Å². The van der Waals surface area contributed by atoms with Crippen LogP contribution in [0.5, 0.6) is 5.75 Å². The molecule has 8 nitrogen and oxygen atoms in total. The van der Waals surface area contributed by atoms with Gasteiger partial charge in [0.15, 0.2) is 11.9 Å². The Labute approximate surface area is 194 Å². The summed E-state index contributed by atoms with van der Waals surface area (Å²) in [6.45, 7) is 6.49. The first-order valence-corrected chi connectivity index (χ1v) is 11.0. The van der Waals surface area contributed by atoms with Gasteiger partial charge in [-0.15, -0.1) is 10.2 Å². The van der Waals surface area contributed by atoms with Crippen LogP contribution in [0.2, 0.25) is 0 Å². The molecule has 0 amide bonds. The van der Waals surface area contributed by atoms with Gasteiger partial charge in [0, 0.05) is 0 Å². The second-order valence-electron chi connectivity index (χ2n) is 8.42. The number of rotatable bonds is 5. The first-order valence-electron chi connectivity index (χ1n) is 11.0. The molecule has 5 rings (SSSR count). The van der Waals surface area contributed by atoms with Crippen LogP contribution in [0, 0.1) is 18.6 Å². The van der Waals surface area contributed by atoms with Gasteiger partial charge >= 0.3 is 0 Å². The number of aryl methyl sites for hydroxylation is 1. The zero-order chi connectivity index (χ0) is 24.0. The Bertz CT molecular complexity index is 1350. The van der Waals surface area contributed by atoms with E-state index in [1.54, 1.807) is 11.9 Å². The van der Waals surface area contributed by atoms with Crippen molar-refractivity contribution in [1.82, 2.24) is 25.2 Å². The minimum absolute atomic E-state index is 0.126. The summed E-state index contributed by atoms with van der Waals surface area (Å²) in [5, 5.41) is 26.0. The highest BCUT2D eigenvalue weighted by molar-refractivity contribution is 5.80. The number of nitrogens with one attached hydrogen (secondary N) is 1. The van der Waals surface area contributed by atoms with E-state index in [2.05, 4.69) is 20.7 Å². The molecule has 0 saturated heterocycles. The van der Waals surface area contributed by atoms with Crippen LogP contribution < -0.4 is 15.2 Å². The van der Waals surface area contributed by atoms with Gasteiger partial charge in [0.2, 0.25) is 0 Å². The maximum Gasteiger partial charge on any atom is 0.185 e. The lowest BCUT2D eigenvalue weighted by Gasteiger charge is -2.33. The predicted octanol–water partition coefficient (Wildman–Crippen LogP) is 3.90. The fourth-order valence-electron chi connectivity index (χ4n) is 4.31. The highest BCUT2D eigenvalue weighted by Gasteiger charge is 2.28. The molecule has 34 heavy (non-hydrogen) atoms. The van der Waals surface area contributed by atoms with Crippen molar-refractivity contribution >= 4 is 11.3 Å². The summed E-state index contributed by atoms with van der Waals surface area (Å²) in [6.07, 6.45) is -1.21. The van der Waals surface area contributed by atoms with Crippen LogP contribution in [-0.2, 0) is 0 Å². The number of aliphatic hydroxyl groups is 1. The molecule has 1 aliphatic heterocycles. The van der Waals surface area contributed by atoms with Gasteiger partial charge in [-0.25, -0.2) is 18.7 Å². The SMILES string of the molecule is Cc1nn2c(C(C)C)c(C(O)NN3CCOc4ccccc43)nnc2c1-c1c(F)cccc1F. The number of fused-ring (bicyclic) bond motifs is 2. The van der Waals surface area contributed by atoms with Crippen molar-refractivity contribution in [2.24, 2.45) is 0 Å². The Hall–Kier alpha value is -3.63. The summed E-state index contributed by atoms with van der Waals surface area (Å²) in [4.78, 5) is 0. The van der Waals surface area contributed by atoms with E-state index in [0.717, 1.165) is 5.69 Å². The van der Waals surface area contributed by atoms with Crippen molar-refractivity contribution in [3.8, 4) is 16.9 Å². The average Bonchev–Trinajstić information content (AvgIpc) is 3.14. The Balaban J connectivity index is 1.59. The highest BCUT2D eigenvalue weighted by Crippen LogP contribution is 2.35. The van der Waals surface area contributed by atoms with E-state index in [9.17, 15) is 13.9 Å². The van der Waals surface area contributed by atoms with Gasteiger partial charge in [0.25, 0.3) is 0 Å². The maximum atomic E-state index is 14.6. The number of halogens is 2. The van der Waals surface area contributed by atoms with Gasteiger partial charge in [-0.1, -0.05) is 32.0 Å². The van der Waals surface area contributed by atoms with Gasteiger partial charge in [0.1, 0.15) is 29.7 Å². The van der Waals surface area contributed by atoms with Crippen LogP contribution >= 0.6 is 0 Å². The van der Waals surface area contributed by atoms with Crippen molar-refractivity contribution in [1.29, 1.82) is 0 Å². The minimum Gasteiger partial charge on any atom is -0.489 e. The number of para-hydroxylation sites is 2. The molecule has 0 saturated carbocycles. The molecule has 176 valence electrons. The van der Waals surface area contributed by atoms with Crippen LogP contribution in [0.3, 0.4) is 0 Å². The van der Waals surface area contributed by atoms with E-state index in [1.165, 1.54) is 22.7 Å². The predicted molar refractivity (Wildman–Crippen MR) is 122 cm³/mol. The van der Waals surface area contributed by atoms with Crippen molar-refractivity contribution in [3.05, 3.63) is 71.2 Å². The van der Waals surface area contributed by atoms with E-state index in [4.69, 9.17) is 4.74 Å². The number of aliphatic hydroxyl groups excluding tert-OH is 1. The molecular formula is C24H24F2N6O2. The van der Waals surface area contributed by atoms with Gasteiger partial charge in [-0.3, -0.25) is 5.01 Å². The molecule has 3 heterocycles. The topological polar surface area (TPSA) is 87.8 Å². The Morgan fingerprint density at radius 2 is 1.76 bits per heavy atom. The normalized spacial score (nSPS) is 14.4. The molecular weight excluding hydrogens is 442 g/mol. The number of nitrogens with zero attached hydrogens (tertiary/aromatic N) is 5. The van der Waals surface area contributed by atoms with Crippen molar-refractivity contribution < 1.29 is 18.6 Å². The number of hydrogen-bond acceptors (Lipinski definition) is 7. The standard InChI is InChI=1S/C24H24F2N6O2/c1-13(2)22-21(24(33)30-31-11-12-34-18-10-5-4-9-17(18)31)27-28-23-19(14(3)29-32(22)23)20-15(25)7-6-8-16(20)26/h4-10,13,24,30,33H,11-12H2,1-3H3. The Morgan fingerprint density at radius 3 is 2.50 bits per heavy atom. The molecule has 0 aliphatic carbocycles.